The molecule has 2 aromatic rings. The van der Waals surface area contributed by atoms with Gasteiger partial charge >= 0.3 is 0 Å². The highest BCUT2D eigenvalue weighted by Gasteiger charge is 2.25. The van der Waals surface area contributed by atoms with Crippen molar-refractivity contribution in [3.63, 3.8) is 0 Å². The fraction of sp³-hybridized carbons (Fsp3) is 0.294. The standard InChI is InChI=1S/C17H18I2N2O/c1-21-5-4-11-9-12(22)2-3-13(11)16(21)8-10-6-14(18)17(20)15(19)7-10/h2-3,6-7,9,16,22H,4-5,8,20H2,1H3. The number of hydrogen-bond donors (Lipinski definition) is 2. The number of phenolic OH excluding ortho intramolecular Hbond substituents is 1. The maximum Gasteiger partial charge on any atom is 0.115 e. The van der Waals surface area contributed by atoms with Gasteiger partial charge in [0.25, 0.3) is 0 Å². The van der Waals surface area contributed by atoms with Gasteiger partial charge in [-0.3, -0.25) is 4.90 Å². The van der Waals surface area contributed by atoms with Gasteiger partial charge < -0.3 is 10.8 Å². The average molecular weight is 520 g/mol. The van der Waals surface area contributed by atoms with Crippen LogP contribution in [0.3, 0.4) is 0 Å². The van der Waals surface area contributed by atoms with E-state index in [0.29, 0.717) is 11.8 Å². The Morgan fingerprint density at radius 3 is 2.59 bits per heavy atom. The minimum Gasteiger partial charge on any atom is -0.508 e. The first kappa shape index (κ1) is 16.3. The molecule has 3 rings (SSSR count). The van der Waals surface area contributed by atoms with Gasteiger partial charge in [-0.05, 0) is 106 Å². The molecule has 1 aliphatic rings. The number of nitrogens with zero attached hydrogens (tertiary/aromatic N) is 1. The minimum absolute atomic E-state index is 0.347. The van der Waals surface area contributed by atoms with Crippen LogP contribution in [0.1, 0.15) is 22.7 Å². The number of anilines is 1. The van der Waals surface area contributed by atoms with Crippen LogP contribution in [0.2, 0.25) is 0 Å². The third kappa shape index (κ3) is 3.21. The zero-order valence-electron chi connectivity index (χ0n) is 12.3. The molecule has 0 aromatic heterocycles. The summed E-state index contributed by atoms with van der Waals surface area (Å²) in [5.74, 6) is 0.360. The summed E-state index contributed by atoms with van der Waals surface area (Å²) in [6.45, 7) is 1.02. The van der Waals surface area contributed by atoms with Gasteiger partial charge in [0.1, 0.15) is 5.75 Å². The van der Waals surface area contributed by atoms with Crippen LogP contribution in [-0.2, 0) is 12.8 Å². The van der Waals surface area contributed by atoms with E-state index < -0.39 is 0 Å². The molecule has 1 aliphatic heterocycles. The second kappa shape index (κ2) is 6.52. The molecule has 0 spiro atoms. The number of hydrogen-bond acceptors (Lipinski definition) is 3. The van der Waals surface area contributed by atoms with Gasteiger partial charge in [0, 0.05) is 19.7 Å². The Labute approximate surface area is 158 Å². The molecular weight excluding hydrogens is 502 g/mol. The van der Waals surface area contributed by atoms with Crippen LogP contribution in [0.25, 0.3) is 0 Å². The first-order valence-corrected chi connectivity index (χ1v) is 9.37. The predicted molar refractivity (Wildman–Crippen MR) is 107 cm³/mol. The summed E-state index contributed by atoms with van der Waals surface area (Å²) in [6, 6.07) is 10.5. The second-order valence-corrected chi connectivity index (χ2v) is 8.13. The van der Waals surface area contributed by atoms with Crippen molar-refractivity contribution in [1.29, 1.82) is 0 Å². The Bertz CT molecular complexity index is 695. The maximum absolute atomic E-state index is 9.70. The number of likely N-dealkylation sites (N-methyl/N-ethyl adjacent to an activating group) is 1. The van der Waals surface area contributed by atoms with Gasteiger partial charge in [0.05, 0.1) is 5.69 Å². The number of halogens is 2. The first-order chi connectivity index (χ1) is 10.5. The Hall–Kier alpha value is -0.540. The Morgan fingerprint density at radius 2 is 1.91 bits per heavy atom. The summed E-state index contributed by atoms with van der Waals surface area (Å²) in [5.41, 5.74) is 10.8. The molecule has 0 aliphatic carbocycles. The highest BCUT2D eigenvalue weighted by molar-refractivity contribution is 14.1. The molecule has 1 heterocycles. The van der Waals surface area contributed by atoms with Gasteiger partial charge in [-0.1, -0.05) is 6.07 Å². The number of nitrogens with two attached hydrogens (primary N) is 1. The second-order valence-electron chi connectivity index (χ2n) is 5.81. The van der Waals surface area contributed by atoms with Crippen LogP contribution in [0, 0.1) is 7.14 Å². The summed E-state index contributed by atoms with van der Waals surface area (Å²) in [6.07, 6.45) is 1.95. The molecule has 22 heavy (non-hydrogen) atoms. The zero-order valence-corrected chi connectivity index (χ0v) is 16.6. The van der Waals surface area contributed by atoms with Gasteiger partial charge in [0.15, 0.2) is 0 Å². The molecule has 3 N–H and O–H groups in total. The van der Waals surface area contributed by atoms with Crippen molar-refractivity contribution in [2.75, 3.05) is 19.3 Å². The third-order valence-electron chi connectivity index (χ3n) is 4.32. The number of rotatable bonds is 2. The SMILES string of the molecule is CN1CCc2cc(O)ccc2C1Cc1cc(I)c(N)c(I)c1. The lowest BCUT2D eigenvalue weighted by Crippen LogP contribution is -2.33. The monoisotopic (exact) mass is 520 g/mol. The van der Waals surface area contributed by atoms with Gasteiger partial charge in [-0.2, -0.15) is 0 Å². The molecule has 116 valence electrons. The average Bonchev–Trinajstić information content (AvgIpc) is 2.47. The van der Waals surface area contributed by atoms with Crippen LogP contribution < -0.4 is 5.73 Å². The lowest BCUT2D eigenvalue weighted by Gasteiger charge is -2.35. The number of aromatic hydroxyl groups is 1. The molecule has 0 bridgehead atoms. The number of phenols is 1. The molecule has 0 amide bonds. The van der Waals surface area contributed by atoms with Crippen LogP contribution in [0.15, 0.2) is 30.3 Å². The van der Waals surface area contributed by atoms with E-state index in [1.807, 2.05) is 6.07 Å². The zero-order chi connectivity index (χ0) is 15.9. The number of benzene rings is 2. The molecular formula is C17H18I2N2O. The fourth-order valence-electron chi connectivity index (χ4n) is 3.07. The fourth-order valence-corrected chi connectivity index (χ4v) is 4.96. The summed E-state index contributed by atoms with van der Waals surface area (Å²) >= 11 is 4.61. The largest absolute Gasteiger partial charge is 0.508 e. The lowest BCUT2D eigenvalue weighted by atomic mass is 9.89. The molecule has 3 nitrogen and oxygen atoms in total. The lowest BCUT2D eigenvalue weighted by molar-refractivity contribution is 0.229. The van der Waals surface area contributed by atoms with Crippen molar-refractivity contribution in [3.8, 4) is 5.75 Å². The van der Waals surface area contributed by atoms with Crippen molar-refractivity contribution in [1.82, 2.24) is 4.90 Å². The van der Waals surface area contributed by atoms with Crippen molar-refractivity contribution >= 4 is 50.9 Å². The molecule has 5 heteroatoms. The number of nitrogen functional groups attached to an aromatic ring is 1. The van der Waals surface area contributed by atoms with Gasteiger partial charge in [-0.15, -0.1) is 0 Å². The van der Waals surface area contributed by atoms with Gasteiger partial charge in [0.2, 0.25) is 0 Å². The van der Waals surface area contributed by atoms with Crippen LogP contribution in [0.4, 0.5) is 5.69 Å². The third-order valence-corrected chi connectivity index (χ3v) is 6.10. The molecule has 0 saturated heterocycles. The normalized spacial score (nSPS) is 18.2. The minimum atomic E-state index is 0.347. The summed E-state index contributed by atoms with van der Waals surface area (Å²) in [7, 11) is 2.17. The van der Waals surface area contributed by atoms with Crippen molar-refractivity contribution in [2.24, 2.45) is 0 Å². The van der Waals surface area contributed by atoms with Crippen molar-refractivity contribution < 1.29 is 5.11 Å². The summed E-state index contributed by atoms with van der Waals surface area (Å²) in [4.78, 5) is 2.40. The number of fused-ring (bicyclic) bond motifs is 1. The van der Waals surface area contributed by atoms with E-state index in [4.69, 9.17) is 5.73 Å². The summed E-state index contributed by atoms with van der Waals surface area (Å²) < 4.78 is 2.23. The van der Waals surface area contributed by atoms with E-state index in [1.54, 1.807) is 6.07 Å². The molecule has 2 aromatic carbocycles. The van der Waals surface area contributed by atoms with Crippen molar-refractivity contribution in [3.05, 3.63) is 54.2 Å². The topological polar surface area (TPSA) is 49.5 Å². The van der Waals surface area contributed by atoms with Crippen LogP contribution >= 0.6 is 45.2 Å². The predicted octanol–water partition coefficient (Wildman–Crippen LogP) is 3.96. The van der Waals surface area contributed by atoms with E-state index in [0.717, 1.165) is 32.2 Å². The Morgan fingerprint density at radius 1 is 1.23 bits per heavy atom. The van der Waals surface area contributed by atoms with E-state index in [2.05, 4.69) is 75.3 Å². The van der Waals surface area contributed by atoms with E-state index >= 15 is 0 Å². The highest BCUT2D eigenvalue weighted by atomic mass is 127. The molecule has 0 fully saturated rings. The quantitative estimate of drug-likeness (QED) is 0.466. The first-order valence-electron chi connectivity index (χ1n) is 7.21. The van der Waals surface area contributed by atoms with E-state index in [-0.39, 0.29) is 0 Å². The molecule has 1 atom stereocenters. The molecule has 0 radical (unpaired) electrons. The smallest absolute Gasteiger partial charge is 0.115 e. The Balaban J connectivity index is 1.95. The molecule has 1 unspecified atom stereocenters. The highest BCUT2D eigenvalue weighted by Crippen LogP contribution is 2.34. The summed E-state index contributed by atoms with van der Waals surface area (Å²) in [5, 5.41) is 9.70. The maximum atomic E-state index is 9.70. The van der Waals surface area contributed by atoms with Crippen molar-refractivity contribution in [2.45, 2.75) is 18.9 Å². The van der Waals surface area contributed by atoms with Crippen LogP contribution in [-0.4, -0.2) is 23.6 Å². The molecule has 0 saturated carbocycles. The van der Waals surface area contributed by atoms with Gasteiger partial charge in [-0.25, -0.2) is 0 Å². The Kier molecular flexibility index (Phi) is 4.84. The van der Waals surface area contributed by atoms with E-state index in [1.165, 1.54) is 16.7 Å². The van der Waals surface area contributed by atoms with E-state index in [9.17, 15) is 5.11 Å². The van der Waals surface area contributed by atoms with Crippen LogP contribution in [0.5, 0.6) is 5.75 Å².